The molecule has 0 aliphatic heterocycles. The van der Waals surface area contributed by atoms with Gasteiger partial charge in [-0.25, -0.2) is 13.1 Å². The van der Waals surface area contributed by atoms with Crippen molar-refractivity contribution < 1.29 is 13.2 Å². The maximum absolute atomic E-state index is 11.9. The van der Waals surface area contributed by atoms with E-state index in [9.17, 15) is 8.42 Å². The van der Waals surface area contributed by atoms with Gasteiger partial charge in [0.2, 0.25) is 10.0 Å². The molecule has 0 aromatic heterocycles. The van der Waals surface area contributed by atoms with E-state index in [2.05, 4.69) is 20.7 Å². The van der Waals surface area contributed by atoms with Gasteiger partial charge in [0.1, 0.15) is 4.90 Å². The van der Waals surface area contributed by atoms with E-state index >= 15 is 0 Å². The number of nitrogens with two attached hydrogens (primary N) is 1. The minimum absolute atomic E-state index is 0.0762. The van der Waals surface area contributed by atoms with Crippen molar-refractivity contribution >= 4 is 31.6 Å². The Hall–Kier alpha value is -0.630. The Balaban J connectivity index is 2.69. The van der Waals surface area contributed by atoms with E-state index in [0.29, 0.717) is 6.61 Å². The summed E-state index contributed by atoms with van der Waals surface area (Å²) in [7, 11) is -3.58. The highest BCUT2D eigenvalue weighted by Gasteiger charge is 2.16. The van der Waals surface area contributed by atoms with Crippen molar-refractivity contribution in [2.45, 2.75) is 24.8 Å². The first-order chi connectivity index (χ1) is 8.33. The molecule has 0 saturated carbocycles. The third kappa shape index (κ3) is 4.56. The molecule has 5 nitrogen and oxygen atoms in total. The van der Waals surface area contributed by atoms with Gasteiger partial charge in [-0.05, 0) is 32.0 Å². The molecule has 0 bridgehead atoms. The summed E-state index contributed by atoms with van der Waals surface area (Å²) in [4.78, 5) is 0.0789. The van der Waals surface area contributed by atoms with Crippen LogP contribution in [-0.4, -0.2) is 27.7 Å². The number of hydrogen-bond donors (Lipinski definition) is 2. The number of nitrogens with one attached hydrogen (secondary N) is 1. The van der Waals surface area contributed by atoms with Gasteiger partial charge < -0.3 is 10.5 Å². The van der Waals surface area contributed by atoms with Gasteiger partial charge in [0.25, 0.3) is 0 Å². The van der Waals surface area contributed by atoms with Crippen molar-refractivity contribution in [3.05, 3.63) is 22.7 Å². The Morgan fingerprint density at radius 2 is 2.11 bits per heavy atom. The van der Waals surface area contributed by atoms with Crippen LogP contribution in [-0.2, 0) is 14.8 Å². The molecule has 7 heteroatoms. The van der Waals surface area contributed by atoms with Crippen LogP contribution in [0.1, 0.15) is 13.8 Å². The largest absolute Gasteiger partial charge is 0.398 e. The van der Waals surface area contributed by atoms with E-state index < -0.39 is 10.0 Å². The van der Waals surface area contributed by atoms with Gasteiger partial charge in [0.15, 0.2) is 0 Å². The molecule has 0 fully saturated rings. The molecule has 1 aromatic carbocycles. The number of ether oxygens (including phenoxy) is 1. The number of halogens is 1. The topological polar surface area (TPSA) is 81.4 Å². The van der Waals surface area contributed by atoms with Crippen molar-refractivity contribution in [1.29, 1.82) is 0 Å². The lowest BCUT2D eigenvalue weighted by molar-refractivity contribution is 0.0834. The minimum Gasteiger partial charge on any atom is -0.398 e. The standard InChI is InChI=1S/C11H17BrN2O3S/c1-8(2)17-6-5-14-18(15,16)11-4-3-9(12)7-10(11)13/h3-4,7-8,14H,5-6,13H2,1-2H3. The van der Waals surface area contributed by atoms with Crippen LogP contribution in [0.15, 0.2) is 27.6 Å². The number of anilines is 1. The molecule has 1 rings (SSSR count). The summed E-state index contributed by atoms with van der Waals surface area (Å²) < 4.78 is 32.3. The molecule has 1 aromatic rings. The van der Waals surface area contributed by atoms with E-state index in [4.69, 9.17) is 10.5 Å². The van der Waals surface area contributed by atoms with Crippen LogP contribution in [0.25, 0.3) is 0 Å². The second-order valence-electron chi connectivity index (χ2n) is 4.00. The highest BCUT2D eigenvalue weighted by molar-refractivity contribution is 9.10. The van der Waals surface area contributed by atoms with Gasteiger partial charge in [-0.1, -0.05) is 15.9 Å². The highest BCUT2D eigenvalue weighted by Crippen LogP contribution is 2.22. The van der Waals surface area contributed by atoms with Crippen molar-refractivity contribution in [2.75, 3.05) is 18.9 Å². The monoisotopic (exact) mass is 336 g/mol. The summed E-state index contributed by atoms with van der Waals surface area (Å²) in [6.45, 7) is 4.33. The van der Waals surface area contributed by atoms with Gasteiger partial charge in [-0.15, -0.1) is 0 Å². The second kappa shape index (κ2) is 6.51. The van der Waals surface area contributed by atoms with E-state index in [1.807, 2.05) is 13.8 Å². The number of hydrogen-bond acceptors (Lipinski definition) is 4. The summed E-state index contributed by atoms with van der Waals surface area (Å²) in [6, 6.07) is 4.65. The predicted molar refractivity (Wildman–Crippen MR) is 74.8 cm³/mol. The normalized spacial score (nSPS) is 12.0. The first-order valence-electron chi connectivity index (χ1n) is 5.49. The van der Waals surface area contributed by atoms with Crippen molar-refractivity contribution in [3.63, 3.8) is 0 Å². The Labute approximate surface area is 116 Å². The Morgan fingerprint density at radius 3 is 2.67 bits per heavy atom. The molecule has 0 amide bonds. The molecule has 3 N–H and O–H groups in total. The Kier molecular flexibility index (Phi) is 5.58. The number of nitrogen functional groups attached to an aromatic ring is 1. The number of benzene rings is 1. The Bertz CT molecular complexity index is 503. The van der Waals surface area contributed by atoms with Crippen LogP contribution in [0.3, 0.4) is 0 Å². The van der Waals surface area contributed by atoms with Gasteiger partial charge >= 0.3 is 0 Å². The van der Waals surface area contributed by atoms with E-state index in [1.165, 1.54) is 6.07 Å². The van der Waals surface area contributed by atoms with Gasteiger partial charge in [0, 0.05) is 11.0 Å². The SMILES string of the molecule is CC(C)OCCNS(=O)(=O)c1ccc(Br)cc1N. The van der Waals surface area contributed by atoms with Crippen LogP contribution >= 0.6 is 15.9 Å². The van der Waals surface area contributed by atoms with Crippen molar-refractivity contribution in [1.82, 2.24) is 4.72 Å². The van der Waals surface area contributed by atoms with Crippen LogP contribution in [0, 0.1) is 0 Å². The zero-order chi connectivity index (χ0) is 13.8. The maximum atomic E-state index is 11.9. The van der Waals surface area contributed by atoms with Crippen molar-refractivity contribution in [2.24, 2.45) is 0 Å². The molecular weight excluding hydrogens is 320 g/mol. The van der Waals surface area contributed by atoms with E-state index in [1.54, 1.807) is 12.1 Å². The summed E-state index contributed by atoms with van der Waals surface area (Å²) in [5, 5.41) is 0. The average Bonchev–Trinajstić information content (AvgIpc) is 2.23. The second-order valence-corrected chi connectivity index (χ2v) is 6.65. The molecule has 0 radical (unpaired) electrons. The lowest BCUT2D eigenvalue weighted by Crippen LogP contribution is -2.28. The Morgan fingerprint density at radius 1 is 1.44 bits per heavy atom. The lowest BCUT2D eigenvalue weighted by atomic mass is 10.3. The highest BCUT2D eigenvalue weighted by atomic mass is 79.9. The van der Waals surface area contributed by atoms with Crippen LogP contribution in [0.5, 0.6) is 0 Å². The number of rotatable bonds is 6. The fraction of sp³-hybridized carbons (Fsp3) is 0.455. The number of sulfonamides is 1. The molecule has 102 valence electrons. The first kappa shape index (κ1) is 15.4. The van der Waals surface area contributed by atoms with Gasteiger partial charge in [-0.3, -0.25) is 0 Å². The molecule has 0 aliphatic rings. The lowest BCUT2D eigenvalue weighted by Gasteiger charge is -2.11. The molecular formula is C11H17BrN2O3S. The molecule has 0 spiro atoms. The molecule has 0 saturated heterocycles. The van der Waals surface area contributed by atoms with Gasteiger partial charge in [0.05, 0.1) is 18.4 Å². The molecule has 18 heavy (non-hydrogen) atoms. The summed E-state index contributed by atoms with van der Waals surface area (Å²) in [5.74, 6) is 0. The first-order valence-corrected chi connectivity index (χ1v) is 7.77. The van der Waals surface area contributed by atoms with E-state index in [-0.39, 0.29) is 23.2 Å². The molecule has 0 aliphatic carbocycles. The molecule has 0 unspecified atom stereocenters. The predicted octanol–water partition coefficient (Wildman–Crippen LogP) is 1.73. The van der Waals surface area contributed by atoms with Crippen molar-refractivity contribution in [3.8, 4) is 0 Å². The fourth-order valence-corrected chi connectivity index (χ4v) is 2.82. The zero-order valence-electron chi connectivity index (χ0n) is 10.3. The van der Waals surface area contributed by atoms with Crippen LogP contribution in [0.4, 0.5) is 5.69 Å². The third-order valence-corrected chi connectivity index (χ3v) is 4.13. The fourth-order valence-electron chi connectivity index (χ4n) is 1.31. The zero-order valence-corrected chi connectivity index (χ0v) is 12.7. The summed E-state index contributed by atoms with van der Waals surface area (Å²) >= 11 is 3.23. The van der Waals surface area contributed by atoms with Crippen LogP contribution < -0.4 is 10.5 Å². The van der Waals surface area contributed by atoms with Gasteiger partial charge in [-0.2, -0.15) is 0 Å². The molecule has 0 heterocycles. The smallest absolute Gasteiger partial charge is 0.242 e. The van der Waals surface area contributed by atoms with E-state index in [0.717, 1.165) is 4.47 Å². The maximum Gasteiger partial charge on any atom is 0.242 e. The summed E-state index contributed by atoms with van der Waals surface area (Å²) in [6.07, 6.45) is 0.0762. The average molecular weight is 337 g/mol. The van der Waals surface area contributed by atoms with Crippen LogP contribution in [0.2, 0.25) is 0 Å². The third-order valence-electron chi connectivity index (χ3n) is 2.11. The minimum atomic E-state index is -3.58. The summed E-state index contributed by atoms with van der Waals surface area (Å²) in [5.41, 5.74) is 5.89. The molecule has 0 atom stereocenters. The quantitative estimate of drug-likeness (QED) is 0.612.